The maximum absolute atomic E-state index is 11.4. The summed E-state index contributed by atoms with van der Waals surface area (Å²) in [5.74, 6) is 0.770. The zero-order chi connectivity index (χ0) is 13.6. The number of ether oxygens (including phenoxy) is 2. The van der Waals surface area contributed by atoms with Gasteiger partial charge in [-0.25, -0.2) is 4.79 Å². The minimum absolute atomic E-state index is 0.0959. The molecule has 2 aliphatic heterocycles. The van der Waals surface area contributed by atoms with Crippen LogP contribution in [-0.2, 0) is 14.3 Å². The van der Waals surface area contributed by atoms with E-state index in [0.717, 1.165) is 12.8 Å². The molecule has 1 aliphatic carbocycles. The number of aliphatic carboxylic acids is 1. The molecule has 108 valence electrons. The lowest BCUT2D eigenvalue weighted by atomic mass is 9.64. The maximum Gasteiger partial charge on any atom is 0.333 e. The Morgan fingerprint density at radius 2 is 1.89 bits per heavy atom. The average Bonchev–Trinajstić information content (AvgIpc) is 2.54. The largest absolute Gasteiger partial charge is 0.479 e. The van der Waals surface area contributed by atoms with Crippen LogP contribution < -0.4 is 0 Å². The Balaban J connectivity index is 1.89. The first-order chi connectivity index (χ1) is 9.08. The van der Waals surface area contributed by atoms with E-state index in [2.05, 4.69) is 6.92 Å². The van der Waals surface area contributed by atoms with E-state index in [0.29, 0.717) is 17.8 Å². The van der Waals surface area contributed by atoms with Gasteiger partial charge in [-0.2, -0.15) is 0 Å². The molecule has 19 heavy (non-hydrogen) atoms. The standard InChI is InChI=1S/C15H24O4/c1-8-6-7-10-4-3-5-11-9(2)13(14(16)17)19-15(18-8)12(10)11/h8-13,15H,3-7H2,1-2H3,(H,16,17)/t8?,9-,10-,11?,12?,13-,15?/m1/s1. The molecule has 0 bridgehead atoms. The van der Waals surface area contributed by atoms with Crippen LogP contribution in [0, 0.1) is 23.7 Å². The van der Waals surface area contributed by atoms with Crippen molar-refractivity contribution in [1.82, 2.24) is 0 Å². The third-order valence-corrected chi connectivity index (χ3v) is 5.45. The van der Waals surface area contributed by atoms with Crippen molar-refractivity contribution in [2.75, 3.05) is 0 Å². The van der Waals surface area contributed by atoms with Crippen LogP contribution in [-0.4, -0.2) is 29.6 Å². The zero-order valence-corrected chi connectivity index (χ0v) is 11.7. The lowest BCUT2D eigenvalue weighted by Crippen LogP contribution is -2.53. The summed E-state index contributed by atoms with van der Waals surface area (Å²) < 4.78 is 11.8. The van der Waals surface area contributed by atoms with Gasteiger partial charge in [0.15, 0.2) is 12.4 Å². The fourth-order valence-electron chi connectivity index (χ4n) is 4.46. The van der Waals surface area contributed by atoms with Crippen molar-refractivity contribution in [2.45, 2.75) is 64.4 Å². The van der Waals surface area contributed by atoms with Crippen molar-refractivity contribution in [3.8, 4) is 0 Å². The molecule has 0 aromatic heterocycles. The Hall–Kier alpha value is -0.610. The van der Waals surface area contributed by atoms with Crippen molar-refractivity contribution in [3.63, 3.8) is 0 Å². The summed E-state index contributed by atoms with van der Waals surface area (Å²) in [5, 5.41) is 9.35. The molecule has 1 saturated carbocycles. The van der Waals surface area contributed by atoms with Gasteiger partial charge in [-0.3, -0.25) is 0 Å². The van der Waals surface area contributed by atoms with Gasteiger partial charge in [0.25, 0.3) is 0 Å². The number of hydrogen-bond acceptors (Lipinski definition) is 3. The Morgan fingerprint density at radius 1 is 1.11 bits per heavy atom. The monoisotopic (exact) mass is 268 g/mol. The topological polar surface area (TPSA) is 55.8 Å². The average molecular weight is 268 g/mol. The van der Waals surface area contributed by atoms with E-state index in [9.17, 15) is 9.90 Å². The number of hydrogen-bond donors (Lipinski definition) is 1. The van der Waals surface area contributed by atoms with Crippen molar-refractivity contribution < 1.29 is 19.4 Å². The Morgan fingerprint density at radius 3 is 2.63 bits per heavy atom. The first-order valence-corrected chi connectivity index (χ1v) is 7.61. The van der Waals surface area contributed by atoms with Crippen molar-refractivity contribution in [3.05, 3.63) is 0 Å². The second-order valence-electron chi connectivity index (χ2n) is 6.58. The first kappa shape index (κ1) is 13.4. The molecule has 0 amide bonds. The summed E-state index contributed by atoms with van der Waals surface area (Å²) >= 11 is 0. The van der Waals surface area contributed by atoms with Gasteiger partial charge in [0.05, 0.1) is 6.10 Å². The van der Waals surface area contributed by atoms with Crippen molar-refractivity contribution >= 4 is 5.97 Å². The van der Waals surface area contributed by atoms with E-state index >= 15 is 0 Å². The highest BCUT2D eigenvalue weighted by atomic mass is 16.7. The SMILES string of the molecule is CC1CC[C@H]2CCCC3C2C(O1)O[C@@H](C(=O)O)[C@@H]3C. The van der Waals surface area contributed by atoms with Crippen molar-refractivity contribution in [1.29, 1.82) is 0 Å². The summed E-state index contributed by atoms with van der Waals surface area (Å²) in [6, 6.07) is 0. The molecule has 2 saturated heterocycles. The Labute approximate surface area is 114 Å². The Bertz CT molecular complexity index is 356. The predicted octanol–water partition coefficient (Wildman–Crippen LogP) is 2.66. The fourth-order valence-corrected chi connectivity index (χ4v) is 4.46. The molecule has 3 aliphatic rings. The Kier molecular flexibility index (Phi) is 3.56. The second-order valence-corrected chi connectivity index (χ2v) is 6.58. The molecule has 0 spiro atoms. The van der Waals surface area contributed by atoms with E-state index in [1.54, 1.807) is 0 Å². The minimum atomic E-state index is -0.839. The number of carboxylic acids is 1. The van der Waals surface area contributed by atoms with Crippen LogP contribution in [0.25, 0.3) is 0 Å². The normalized spacial score (nSPS) is 50.1. The molecule has 4 nitrogen and oxygen atoms in total. The third-order valence-electron chi connectivity index (χ3n) is 5.45. The van der Waals surface area contributed by atoms with E-state index in [1.807, 2.05) is 6.92 Å². The van der Waals surface area contributed by atoms with E-state index in [4.69, 9.17) is 9.47 Å². The maximum atomic E-state index is 11.4. The molecule has 2 heterocycles. The number of rotatable bonds is 1. The van der Waals surface area contributed by atoms with Gasteiger partial charge in [-0.1, -0.05) is 13.3 Å². The molecule has 4 heteroatoms. The van der Waals surface area contributed by atoms with Gasteiger partial charge in [0.2, 0.25) is 0 Å². The molecular formula is C15H24O4. The van der Waals surface area contributed by atoms with Crippen LogP contribution in [0.4, 0.5) is 0 Å². The van der Waals surface area contributed by atoms with Gasteiger partial charge >= 0.3 is 5.97 Å². The van der Waals surface area contributed by atoms with Crippen LogP contribution in [0.15, 0.2) is 0 Å². The van der Waals surface area contributed by atoms with E-state index < -0.39 is 12.1 Å². The summed E-state index contributed by atoms with van der Waals surface area (Å²) in [7, 11) is 0. The minimum Gasteiger partial charge on any atom is -0.479 e. The second kappa shape index (κ2) is 5.06. The van der Waals surface area contributed by atoms with Gasteiger partial charge < -0.3 is 14.6 Å². The van der Waals surface area contributed by atoms with Crippen LogP contribution >= 0.6 is 0 Å². The third kappa shape index (κ3) is 2.29. The summed E-state index contributed by atoms with van der Waals surface area (Å²) in [6.07, 6.45) is 5.06. The van der Waals surface area contributed by atoms with Gasteiger partial charge in [0, 0.05) is 5.92 Å². The van der Waals surface area contributed by atoms with Gasteiger partial charge in [-0.05, 0) is 50.4 Å². The quantitative estimate of drug-likeness (QED) is 0.794. The molecule has 3 rings (SSSR count). The lowest BCUT2D eigenvalue weighted by molar-refractivity contribution is -0.272. The predicted molar refractivity (Wildman–Crippen MR) is 69.6 cm³/mol. The molecule has 0 aromatic carbocycles. The van der Waals surface area contributed by atoms with E-state index in [-0.39, 0.29) is 18.3 Å². The smallest absolute Gasteiger partial charge is 0.333 e. The molecular weight excluding hydrogens is 244 g/mol. The van der Waals surface area contributed by atoms with E-state index in [1.165, 1.54) is 19.3 Å². The summed E-state index contributed by atoms with van der Waals surface area (Å²) in [6.45, 7) is 4.11. The molecule has 4 unspecified atom stereocenters. The van der Waals surface area contributed by atoms with Crippen LogP contribution in [0.2, 0.25) is 0 Å². The molecule has 0 aromatic rings. The number of carbonyl (C=O) groups is 1. The molecule has 3 fully saturated rings. The zero-order valence-electron chi connectivity index (χ0n) is 11.7. The summed E-state index contributed by atoms with van der Waals surface area (Å²) in [5.41, 5.74) is 0. The highest BCUT2D eigenvalue weighted by Crippen LogP contribution is 2.50. The van der Waals surface area contributed by atoms with Crippen LogP contribution in [0.1, 0.15) is 46.0 Å². The van der Waals surface area contributed by atoms with Gasteiger partial charge in [-0.15, -0.1) is 0 Å². The lowest BCUT2D eigenvalue weighted by Gasteiger charge is -2.49. The summed E-state index contributed by atoms with van der Waals surface area (Å²) in [4.78, 5) is 11.4. The number of carboxylic acid groups (broad SMARTS) is 1. The van der Waals surface area contributed by atoms with Crippen LogP contribution in [0.3, 0.4) is 0 Å². The molecule has 1 N–H and O–H groups in total. The molecule has 7 atom stereocenters. The molecule has 0 radical (unpaired) electrons. The highest BCUT2D eigenvalue weighted by molar-refractivity contribution is 5.72. The van der Waals surface area contributed by atoms with Gasteiger partial charge in [0.1, 0.15) is 0 Å². The first-order valence-electron chi connectivity index (χ1n) is 7.61. The van der Waals surface area contributed by atoms with Crippen molar-refractivity contribution in [2.24, 2.45) is 23.7 Å². The fraction of sp³-hybridized carbons (Fsp3) is 0.933. The highest BCUT2D eigenvalue weighted by Gasteiger charge is 2.51. The van der Waals surface area contributed by atoms with Crippen LogP contribution in [0.5, 0.6) is 0 Å².